The van der Waals surface area contributed by atoms with Crippen LogP contribution in [-0.2, 0) is 29.2 Å². The van der Waals surface area contributed by atoms with Crippen LogP contribution in [0.1, 0.15) is 103 Å². The van der Waals surface area contributed by atoms with Gasteiger partial charge in [-0.25, -0.2) is 0 Å². The van der Waals surface area contributed by atoms with Crippen LogP contribution in [0.15, 0.2) is 75.2 Å². The maximum absolute atomic E-state index is 2.64. The monoisotopic (exact) mass is 704 g/mol. The third-order valence-corrected chi connectivity index (χ3v) is 21.8. The molecule has 0 spiro atoms. The minimum Gasteiger partial charge on any atom is -0.147 e. The van der Waals surface area contributed by atoms with E-state index in [1.807, 2.05) is 0 Å². The van der Waals surface area contributed by atoms with Gasteiger partial charge >= 0.3 is 262 Å². The quantitative estimate of drug-likeness (QED) is 0.183. The molecule has 0 saturated carbocycles. The van der Waals surface area contributed by atoms with E-state index in [0.717, 1.165) is 0 Å². The van der Waals surface area contributed by atoms with Crippen LogP contribution in [0.2, 0.25) is 0 Å². The zero-order valence-corrected chi connectivity index (χ0v) is 34.5. The molecule has 0 N–H and O–H groups in total. The van der Waals surface area contributed by atoms with Gasteiger partial charge in [-0.15, -0.1) is 37.2 Å². The van der Waals surface area contributed by atoms with Crippen LogP contribution in [0.5, 0.6) is 0 Å². The zero-order chi connectivity index (χ0) is 30.7. The number of halogens is 3. The molecule has 0 aliphatic heterocycles. The fourth-order valence-corrected chi connectivity index (χ4v) is 19.8. The maximum atomic E-state index is 2.64. The molecule has 5 heteroatoms. The zero-order valence-electron chi connectivity index (χ0n) is 29.5. The van der Waals surface area contributed by atoms with Gasteiger partial charge in [-0.05, 0) is 0 Å². The first-order chi connectivity index (χ1) is 18.8. The van der Waals surface area contributed by atoms with Crippen LogP contribution >= 0.6 is 37.2 Å². The fourth-order valence-electron chi connectivity index (χ4n) is 6.58. The van der Waals surface area contributed by atoms with Crippen LogP contribution in [0, 0.1) is 33.6 Å². The normalized spacial score (nSPS) is 15.5. The Morgan fingerprint density at radius 1 is 0.500 bits per heavy atom. The summed E-state index contributed by atoms with van der Waals surface area (Å²) in [6.07, 6.45) is 0. The van der Waals surface area contributed by atoms with Gasteiger partial charge in [0.05, 0.1) is 0 Å². The molecule has 1 atom stereocenters. The third-order valence-electron chi connectivity index (χ3n) is 9.37. The smallest absolute Gasteiger partial charge is 0.147 e. The molecule has 0 fully saturated rings. The molecule has 240 valence electrons. The molecule has 3 aromatic rings. The summed E-state index contributed by atoms with van der Waals surface area (Å²) < 4.78 is 1.77. The summed E-state index contributed by atoms with van der Waals surface area (Å²) in [5, 5.41) is 4.81. The Morgan fingerprint density at radius 3 is 1.14 bits per heavy atom. The van der Waals surface area contributed by atoms with Crippen molar-refractivity contribution in [3.63, 3.8) is 0 Å². The van der Waals surface area contributed by atoms with Gasteiger partial charge in [-0.1, -0.05) is 0 Å². The second-order valence-corrected chi connectivity index (χ2v) is 24.0. The van der Waals surface area contributed by atoms with Crippen molar-refractivity contribution in [3.05, 3.63) is 109 Å². The Bertz CT molecular complexity index is 1440. The Balaban J connectivity index is 0.00000323. The predicted molar refractivity (Wildman–Crippen MR) is 202 cm³/mol. The van der Waals surface area contributed by atoms with Gasteiger partial charge in [0.2, 0.25) is 0 Å². The van der Waals surface area contributed by atoms with Crippen LogP contribution in [-0.4, -0.2) is 5.94 Å². The van der Waals surface area contributed by atoms with Gasteiger partial charge in [0, 0.05) is 0 Å². The Kier molecular flexibility index (Phi) is 13.8. The van der Waals surface area contributed by atoms with E-state index in [1.54, 1.807) is 30.6 Å². The standard InChI is InChI=1S/C30H39Si.C9H13.3ClH.Ti/c1-20-11-21(2)14-26(13-20)31(27-15-22(3)12-23(4)16-27)28-18-24(29(5,6)7)17-25(19-28)30(8,9)10;1-6-5-7(2)9(4)8(6)3;;;;/h11-19H,1-10H3;6H,1-4H3;3*1H;. The van der Waals surface area contributed by atoms with Crippen LogP contribution in [0.25, 0.3) is 0 Å². The molecule has 1 unspecified atom stereocenters. The van der Waals surface area contributed by atoms with E-state index in [0.29, 0.717) is 5.92 Å². The molecule has 44 heavy (non-hydrogen) atoms. The van der Waals surface area contributed by atoms with E-state index in [4.69, 9.17) is 0 Å². The van der Waals surface area contributed by atoms with Gasteiger partial charge in [0.25, 0.3) is 0 Å². The number of benzene rings is 3. The molecule has 4 rings (SSSR count). The van der Waals surface area contributed by atoms with E-state index >= 15 is 0 Å². The number of rotatable bonds is 5. The number of aryl methyl sites for hydroxylation is 4. The van der Waals surface area contributed by atoms with E-state index in [1.165, 1.54) is 39.0 Å². The summed E-state index contributed by atoms with van der Waals surface area (Å²) in [5.41, 5.74) is 13.3. The molecule has 1 aliphatic rings. The molecule has 0 amide bonds. The molecular formula is C39H55Cl3SiTi. The first-order valence-electron chi connectivity index (χ1n) is 15.4. The van der Waals surface area contributed by atoms with Crippen molar-refractivity contribution in [3.8, 4) is 0 Å². The van der Waals surface area contributed by atoms with Crippen LogP contribution < -0.4 is 15.6 Å². The van der Waals surface area contributed by atoms with Gasteiger partial charge < -0.3 is 0 Å². The summed E-state index contributed by atoms with van der Waals surface area (Å²) in [6.45, 7) is 33.1. The SMILES string of the molecule is CC1=C(C)C(C)[C]([Ti][Si](c2cc(C)cc(C)c2)(c2cc(C)cc(C)c2)c2cc(C(C)(C)C)cc(C(C)(C)C)c2)=C1C.Cl.Cl.Cl. The largest absolute Gasteiger partial charge is 0.147 e. The van der Waals surface area contributed by atoms with Gasteiger partial charge in [-0.2, -0.15) is 0 Å². The maximum Gasteiger partial charge on any atom is -0.147 e. The minimum absolute atomic E-state index is 0. The van der Waals surface area contributed by atoms with Crippen LogP contribution in [0.4, 0.5) is 0 Å². The van der Waals surface area contributed by atoms with E-state index < -0.39 is 24.3 Å². The van der Waals surface area contributed by atoms with Crippen molar-refractivity contribution >= 4 is 58.7 Å². The van der Waals surface area contributed by atoms with Crippen molar-refractivity contribution < 1.29 is 18.4 Å². The topological polar surface area (TPSA) is 0 Å². The van der Waals surface area contributed by atoms with Crippen molar-refractivity contribution in [2.75, 3.05) is 0 Å². The first kappa shape index (κ1) is 41.0. The molecule has 0 aromatic heterocycles. The molecule has 0 bridgehead atoms. The van der Waals surface area contributed by atoms with Gasteiger partial charge in [-0.3, -0.25) is 0 Å². The second kappa shape index (κ2) is 14.8. The molecule has 3 aromatic carbocycles. The summed E-state index contributed by atoms with van der Waals surface area (Å²) in [4.78, 5) is 0. The predicted octanol–water partition coefficient (Wildman–Crippen LogP) is 10.1. The van der Waals surface area contributed by atoms with Crippen molar-refractivity contribution in [1.29, 1.82) is 0 Å². The summed E-state index contributed by atoms with van der Waals surface area (Å²) in [6, 6.07) is 22.7. The molecule has 0 heterocycles. The molecule has 0 saturated heterocycles. The van der Waals surface area contributed by atoms with Crippen molar-refractivity contribution in [2.45, 2.75) is 108 Å². The van der Waals surface area contributed by atoms with E-state index in [9.17, 15) is 0 Å². The van der Waals surface area contributed by atoms with E-state index in [2.05, 4.69) is 152 Å². The number of hydrogen-bond donors (Lipinski definition) is 0. The molecule has 1 aliphatic carbocycles. The third kappa shape index (κ3) is 8.07. The fraction of sp³-hybridized carbons (Fsp3) is 0.436. The second-order valence-electron chi connectivity index (χ2n) is 15.0. The average Bonchev–Trinajstić information content (AvgIpc) is 3.02. The average molecular weight is 706 g/mol. The van der Waals surface area contributed by atoms with Crippen molar-refractivity contribution in [2.24, 2.45) is 5.92 Å². The Morgan fingerprint density at radius 2 is 0.841 bits per heavy atom. The summed E-state index contributed by atoms with van der Waals surface area (Å²) in [7, 11) is 0. The first-order valence-corrected chi connectivity index (χ1v) is 20.5. The van der Waals surface area contributed by atoms with Gasteiger partial charge in [0.15, 0.2) is 0 Å². The molecular weight excluding hydrogens is 651 g/mol. The molecule has 0 radical (unpaired) electrons. The number of allylic oxidation sites excluding steroid dienone is 4. The Hall–Kier alpha value is -1.06. The van der Waals surface area contributed by atoms with Gasteiger partial charge in [0.1, 0.15) is 0 Å². The molecule has 0 nitrogen and oxygen atoms in total. The minimum atomic E-state index is -2.44. The van der Waals surface area contributed by atoms with Crippen molar-refractivity contribution in [1.82, 2.24) is 0 Å². The van der Waals surface area contributed by atoms with E-state index in [-0.39, 0.29) is 48.1 Å². The van der Waals surface area contributed by atoms with Crippen LogP contribution in [0.3, 0.4) is 0 Å². The summed E-state index contributed by atoms with van der Waals surface area (Å²) >= 11 is -0.578. The number of hydrogen-bond acceptors (Lipinski definition) is 0. The Labute approximate surface area is 297 Å². The summed E-state index contributed by atoms with van der Waals surface area (Å²) in [5.74, 6) is -1.90.